The van der Waals surface area contributed by atoms with Crippen LogP contribution in [0.2, 0.25) is 0 Å². The number of rotatable bonds is 18. The van der Waals surface area contributed by atoms with Crippen LogP contribution in [0.3, 0.4) is 0 Å². The van der Waals surface area contributed by atoms with Crippen molar-refractivity contribution in [3.8, 4) is 0 Å². The molecule has 334 valence electrons. The molecule has 0 spiro atoms. The van der Waals surface area contributed by atoms with E-state index in [2.05, 4.69) is 16.4 Å². The molecule has 1 heterocycles. The minimum absolute atomic E-state index is 0.00241. The molecule has 13 nitrogen and oxygen atoms in total. The van der Waals surface area contributed by atoms with E-state index in [0.29, 0.717) is 25.3 Å². The molecule has 0 fully saturated rings. The summed E-state index contributed by atoms with van der Waals surface area (Å²) in [7, 11) is 1.32. The number of amides is 1. The Morgan fingerprint density at radius 3 is 2.05 bits per heavy atom. The highest BCUT2D eigenvalue weighted by Gasteiger charge is 2.39. The third-order valence-electron chi connectivity index (χ3n) is 9.28. The number of thioether (sulfide) groups is 1. The maximum atomic E-state index is 14.2. The summed E-state index contributed by atoms with van der Waals surface area (Å²) >= 11 is 1.59. The Kier molecular flexibility index (Phi) is 20.9. The molecular formula is C41H49F6N5O8S. The number of aromatic nitrogens is 2. The van der Waals surface area contributed by atoms with Crippen LogP contribution >= 0.6 is 11.8 Å². The van der Waals surface area contributed by atoms with Gasteiger partial charge in [-0.25, -0.2) is 19.4 Å². The monoisotopic (exact) mass is 885 g/mol. The van der Waals surface area contributed by atoms with E-state index in [1.54, 1.807) is 24.3 Å². The van der Waals surface area contributed by atoms with Crippen LogP contribution in [0, 0.1) is 11.8 Å². The lowest BCUT2D eigenvalue weighted by Crippen LogP contribution is -2.55. The lowest BCUT2D eigenvalue weighted by Gasteiger charge is -2.36. The quantitative estimate of drug-likeness (QED) is 0.0494. The van der Waals surface area contributed by atoms with Crippen LogP contribution in [-0.2, 0) is 48.2 Å². The van der Waals surface area contributed by atoms with E-state index < -0.39 is 48.4 Å². The molecule has 0 aliphatic carbocycles. The molecular weight excluding hydrogens is 837 g/mol. The number of ether oxygens (including phenoxy) is 1. The van der Waals surface area contributed by atoms with Crippen molar-refractivity contribution in [1.82, 2.24) is 19.8 Å². The number of alkyl halides is 6. The van der Waals surface area contributed by atoms with Gasteiger partial charge in [0.25, 0.3) is 0 Å². The SMILES string of the molecule is CC[C@H](C)[C@H](C(=O)Cc1cncn1Cc1ccccc1)C(N)N(CC(=O)N[C@@H](CCSC)C(=O)OC)Cc1cccc2ccccc12.O=C(O)C(F)(F)F.O=C(O)C(F)(F)F. The van der Waals surface area contributed by atoms with E-state index in [9.17, 15) is 40.7 Å². The summed E-state index contributed by atoms with van der Waals surface area (Å²) in [5.41, 5.74) is 10.00. The van der Waals surface area contributed by atoms with E-state index in [0.717, 1.165) is 34.0 Å². The zero-order valence-corrected chi connectivity index (χ0v) is 34.6. The van der Waals surface area contributed by atoms with Crippen LogP contribution < -0.4 is 11.1 Å². The van der Waals surface area contributed by atoms with Crippen LogP contribution in [0.25, 0.3) is 10.8 Å². The largest absolute Gasteiger partial charge is 0.490 e. The van der Waals surface area contributed by atoms with E-state index >= 15 is 0 Å². The summed E-state index contributed by atoms with van der Waals surface area (Å²) < 4.78 is 70.4. The van der Waals surface area contributed by atoms with E-state index in [1.165, 1.54) is 7.11 Å². The second-order valence-electron chi connectivity index (χ2n) is 13.6. The molecule has 0 aliphatic rings. The summed E-state index contributed by atoms with van der Waals surface area (Å²) in [4.78, 5) is 64.3. The zero-order chi connectivity index (χ0) is 45.9. The summed E-state index contributed by atoms with van der Waals surface area (Å²) in [6.45, 7) is 4.94. The van der Waals surface area contributed by atoms with Gasteiger partial charge in [-0.2, -0.15) is 38.1 Å². The number of nitrogens with one attached hydrogen (secondary N) is 1. The van der Waals surface area contributed by atoms with Crippen molar-refractivity contribution in [2.24, 2.45) is 17.6 Å². The number of halogens is 6. The summed E-state index contributed by atoms with van der Waals surface area (Å²) in [6.07, 6.45) is -4.15. The standard InChI is InChI=1S/C37H47N5O4S.2C2HF3O2/c1-5-26(2)35(33(43)20-30-21-39-25-42(30)22-27-12-7-6-8-13-27)36(38)41(23-29-16-11-15-28-14-9-10-17-31(28)29)24-34(44)40-32(18-19-47-4)37(45)46-3;2*3-2(4,5)1(6)7/h6-17,21,25-26,32,35-36H,5,18-20,22-24,38H2,1-4H3,(H,40,44);2*(H,6,7)/t26-,32-,35+,36?;;/m0../s1. The van der Waals surface area contributed by atoms with Gasteiger partial charge < -0.3 is 30.6 Å². The maximum Gasteiger partial charge on any atom is 0.490 e. The van der Waals surface area contributed by atoms with Crippen molar-refractivity contribution in [1.29, 1.82) is 0 Å². The molecule has 20 heteroatoms. The average Bonchev–Trinajstić information content (AvgIpc) is 3.64. The first-order chi connectivity index (χ1) is 28.6. The minimum Gasteiger partial charge on any atom is -0.475 e. The lowest BCUT2D eigenvalue weighted by molar-refractivity contribution is -0.193. The summed E-state index contributed by atoms with van der Waals surface area (Å²) in [5, 5.41) is 19.2. The van der Waals surface area contributed by atoms with Crippen molar-refractivity contribution in [2.45, 2.75) is 70.8 Å². The number of imidazole rings is 1. The van der Waals surface area contributed by atoms with Gasteiger partial charge >= 0.3 is 30.3 Å². The fraction of sp³-hybridized carbons (Fsp3) is 0.415. The molecule has 0 saturated carbocycles. The number of nitrogens with two attached hydrogens (primary N) is 1. The molecule has 4 atom stereocenters. The number of hydrogen-bond donors (Lipinski definition) is 4. The first-order valence-corrected chi connectivity index (χ1v) is 20.0. The zero-order valence-electron chi connectivity index (χ0n) is 33.8. The molecule has 0 aliphatic heterocycles. The number of methoxy groups -OCH3 is 1. The number of carboxylic acid groups (broad SMARTS) is 2. The number of aliphatic carboxylic acids is 2. The van der Waals surface area contributed by atoms with Gasteiger partial charge in [0, 0.05) is 37.3 Å². The van der Waals surface area contributed by atoms with Crippen LogP contribution in [0.15, 0.2) is 85.3 Å². The topological polar surface area (TPSA) is 194 Å². The fourth-order valence-corrected chi connectivity index (χ4v) is 6.48. The number of fused-ring (bicyclic) bond motifs is 1. The number of benzene rings is 3. The predicted molar refractivity (Wildman–Crippen MR) is 216 cm³/mol. The Morgan fingerprint density at radius 2 is 1.49 bits per heavy atom. The van der Waals surface area contributed by atoms with Crippen molar-refractivity contribution in [3.63, 3.8) is 0 Å². The molecule has 0 saturated heterocycles. The van der Waals surface area contributed by atoms with Gasteiger partial charge in [0.1, 0.15) is 11.8 Å². The van der Waals surface area contributed by atoms with Gasteiger partial charge in [0.05, 0.1) is 26.1 Å². The average molecular weight is 886 g/mol. The molecule has 1 unspecified atom stereocenters. The molecule has 1 amide bonds. The predicted octanol–water partition coefficient (Wildman–Crippen LogP) is 6.32. The van der Waals surface area contributed by atoms with Crippen molar-refractivity contribution >= 4 is 52.1 Å². The Hall–Kier alpha value is -5.47. The number of carbonyl (C=O) groups is 5. The minimum atomic E-state index is -5.08. The van der Waals surface area contributed by atoms with Gasteiger partial charge in [-0.1, -0.05) is 93.1 Å². The van der Waals surface area contributed by atoms with Crippen LogP contribution in [0.1, 0.15) is 43.5 Å². The van der Waals surface area contributed by atoms with Crippen molar-refractivity contribution in [3.05, 3.63) is 102 Å². The van der Waals surface area contributed by atoms with Gasteiger partial charge in [-0.05, 0) is 46.2 Å². The van der Waals surface area contributed by atoms with Crippen LogP contribution in [0.4, 0.5) is 26.3 Å². The third kappa shape index (κ3) is 17.2. The van der Waals surface area contributed by atoms with Gasteiger partial charge in [-0.3, -0.25) is 14.5 Å². The Bertz CT molecular complexity index is 2000. The number of carbonyl (C=O) groups excluding carboxylic acids is 3. The van der Waals surface area contributed by atoms with E-state index in [-0.39, 0.29) is 30.6 Å². The Balaban J connectivity index is 0.000000784. The van der Waals surface area contributed by atoms with E-state index in [1.807, 2.05) is 96.3 Å². The molecule has 3 aromatic carbocycles. The van der Waals surface area contributed by atoms with Crippen molar-refractivity contribution in [2.75, 3.05) is 25.7 Å². The highest BCUT2D eigenvalue weighted by molar-refractivity contribution is 7.98. The van der Waals surface area contributed by atoms with Crippen LogP contribution in [0.5, 0.6) is 0 Å². The van der Waals surface area contributed by atoms with Gasteiger partial charge in [0.2, 0.25) is 5.91 Å². The summed E-state index contributed by atoms with van der Waals surface area (Å²) in [5.74, 6) is -6.28. The summed E-state index contributed by atoms with van der Waals surface area (Å²) in [6, 6.07) is 23.4. The normalized spacial score (nSPS) is 13.4. The highest BCUT2D eigenvalue weighted by Crippen LogP contribution is 2.27. The number of esters is 1. The second kappa shape index (κ2) is 24.7. The van der Waals surface area contributed by atoms with Crippen LogP contribution in [-0.4, -0.2) is 104 Å². The fourth-order valence-electron chi connectivity index (χ4n) is 6.01. The van der Waals surface area contributed by atoms with E-state index in [4.69, 9.17) is 30.3 Å². The number of ketones is 1. The number of nitrogens with zero attached hydrogens (tertiary/aromatic N) is 3. The first-order valence-electron chi connectivity index (χ1n) is 18.6. The molecule has 4 aromatic rings. The molecule has 5 N–H and O–H groups in total. The second-order valence-corrected chi connectivity index (χ2v) is 14.6. The molecule has 1 aromatic heterocycles. The molecule has 0 bridgehead atoms. The number of carboxylic acids is 2. The smallest absolute Gasteiger partial charge is 0.475 e. The number of hydrogen-bond acceptors (Lipinski definition) is 10. The van der Waals surface area contributed by atoms with Crippen molar-refractivity contribution < 1.29 is 65.3 Å². The lowest BCUT2D eigenvalue weighted by atomic mass is 9.83. The third-order valence-corrected chi connectivity index (χ3v) is 9.93. The van der Waals surface area contributed by atoms with Gasteiger partial charge in [0.15, 0.2) is 0 Å². The Morgan fingerprint density at radius 1 is 0.918 bits per heavy atom. The van der Waals surface area contributed by atoms with Gasteiger partial charge in [-0.15, -0.1) is 0 Å². The molecule has 0 radical (unpaired) electrons. The Labute approximate surface area is 352 Å². The maximum absolute atomic E-state index is 14.2. The molecule has 4 rings (SSSR count). The number of Topliss-reactive ketones (excluding diaryl/α,β-unsaturated/α-hetero) is 1. The first kappa shape index (κ1) is 51.7. The molecule has 61 heavy (non-hydrogen) atoms. The highest BCUT2D eigenvalue weighted by atomic mass is 32.2.